The van der Waals surface area contributed by atoms with Gasteiger partial charge < -0.3 is 9.64 Å². The molecule has 4 heteroatoms. The van der Waals surface area contributed by atoms with E-state index in [0.29, 0.717) is 19.4 Å². The SMILES string of the molecule is CC(C)(C)OC(=O)C12CCCCN1C(=O)CC2. The summed E-state index contributed by atoms with van der Waals surface area (Å²) in [5, 5.41) is 0. The fraction of sp³-hybridized carbons (Fsp3) is 0.846. The summed E-state index contributed by atoms with van der Waals surface area (Å²) in [5.74, 6) is -0.105. The molecule has 0 aromatic heterocycles. The van der Waals surface area contributed by atoms with Crippen LogP contribution in [0.15, 0.2) is 0 Å². The molecule has 17 heavy (non-hydrogen) atoms. The molecule has 1 amide bonds. The molecule has 2 rings (SSSR count). The second-order valence-electron chi connectivity index (χ2n) is 6.04. The van der Waals surface area contributed by atoms with Gasteiger partial charge in [0.05, 0.1) is 0 Å². The molecule has 0 radical (unpaired) electrons. The van der Waals surface area contributed by atoms with Crippen LogP contribution in [0.4, 0.5) is 0 Å². The largest absolute Gasteiger partial charge is 0.458 e. The van der Waals surface area contributed by atoms with Gasteiger partial charge in [-0.1, -0.05) is 0 Å². The van der Waals surface area contributed by atoms with Crippen molar-refractivity contribution in [2.75, 3.05) is 6.54 Å². The Morgan fingerprint density at radius 1 is 1.29 bits per heavy atom. The van der Waals surface area contributed by atoms with Gasteiger partial charge >= 0.3 is 5.97 Å². The van der Waals surface area contributed by atoms with Gasteiger partial charge in [0.2, 0.25) is 5.91 Å². The molecule has 0 spiro atoms. The maximum absolute atomic E-state index is 12.3. The van der Waals surface area contributed by atoms with Crippen molar-refractivity contribution in [1.82, 2.24) is 4.90 Å². The minimum Gasteiger partial charge on any atom is -0.458 e. The fourth-order valence-electron chi connectivity index (χ4n) is 2.80. The number of ether oxygens (including phenoxy) is 1. The third-order valence-corrected chi connectivity index (χ3v) is 3.57. The van der Waals surface area contributed by atoms with E-state index in [2.05, 4.69) is 0 Å². The Balaban J connectivity index is 2.21. The van der Waals surface area contributed by atoms with Crippen molar-refractivity contribution in [3.05, 3.63) is 0 Å². The van der Waals surface area contributed by atoms with Crippen LogP contribution in [0.5, 0.6) is 0 Å². The lowest BCUT2D eigenvalue weighted by Crippen LogP contribution is -2.56. The van der Waals surface area contributed by atoms with Crippen LogP contribution in [0.1, 0.15) is 52.9 Å². The van der Waals surface area contributed by atoms with E-state index in [9.17, 15) is 9.59 Å². The number of esters is 1. The van der Waals surface area contributed by atoms with Gasteiger partial charge in [0.1, 0.15) is 11.1 Å². The summed E-state index contributed by atoms with van der Waals surface area (Å²) in [7, 11) is 0. The lowest BCUT2D eigenvalue weighted by Gasteiger charge is -2.41. The number of nitrogens with zero attached hydrogens (tertiary/aromatic N) is 1. The summed E-state index contributed by atoms with van der Waals surface area (Å²) in [6.07, 6.45) is 3.87. The fourth-order valence-corrected chi connectivity index (χ4v) is 2.80. The lowest BCUT2D eigenvalue weighted by atomic mass is 9.86. The van der Waals surface area contributed by atoms with E-state index in [-0.39, 0.29) is 11.9 Å². The first-order chi connectivity index (χ1) is 7.85. The normalized spacial score (nSPS) is 29.1. The van der Waals surface area contributed by atoms with Crippen molar-refractivity contribution in [1.29, 1.82) is 0 Å². The first-order valence-corrected chi connectivity index (χ1v) is 6.39. The van der Waals surface area contributed by atoms with Gasteiger partial charge in [-0.05, 0) is 46.5 Å². The Morgan fingerprint density at radius 3 is 2.65 bits per heavy atom. The van der Waals surface area contributed by atoms with Crippen molar-refractivity contribution in [2.24, 2.45) is 0 Å². The van der Waals surface area contributed by atoms with Crippen LogP contribution in [-0.2, 0) is 14.3 Å². The molecule has 96 valence electrons. The first kappa shape index (κ1) is 12.4. The van der Waals surface area contributed by atoms with Crippen LogP contribution in [0, 0.1) is 0 Å². The van der Waals surface area contributed by atoms with Crippen molar-refractivity contribution in [3.63, 3.8) is 0 Å². The molecule has 2 saturated heterocycles. The predicted molar refractivity (Wildman–Crippen MR) is 63.4 cm³/mol. The Kier molecular flexibility index (Phi) is 2.92. The molecular weight excluding hydrogens is 218 g/mol. The number of piperidine rings is 1. The van der Waals surface area contributed by atoms with Crippen LogP contribution in [-0.4, -0.2) is 34.5 Å². The number of carbonyl (C=O) groups excluding carboxylic acids is 2. The average molecular weight is 239 g/mol. The van der Waals surface area contributed by atoms with E-state index in [4.69, 9.17) is 4.74 Å². The molecule has 0 aliphatic carbocycles. The van der Waals surface area contributed by atoms with Gasteiger partial charge in [0, 0.05) is 13.0 Å². The maximum Gasteiger partial charge on any atom is 0.332 e. The second kappa shape index (κ2) is 4.00. The molecule has 2 fully saturated rings. The number of hydrogen-bond donors (Lipinski definition) is 0. The topological polar surface area (TPSA) is 46.6 Å². The maximum atomic E-state index is 12.3. The highest BCUT2D eigenvalue weighted by atomic mass is 16.6. The number of carbonyl (C=O) groups is 2. The summed E-state index contributed by atoms with van der Waals surface area (Å²) < 4.78 is 5.50. The smallest absolute Gasteiger partial charge is 0.332 e. The molecule has 2 aliphatic rings. The van der Waals surface area contributed by atoms with Gasteiger partial charge in [0.15, 0.2) is 0 Å². The minimum atomic E-state index is -0.650. The van der Waals surface area contributed by atoms with Crippen LogP contribution in [0.25, 0.3) is 0 Å². The molecule has 4 nitrogen and oxygen atoms in total. The number of amides is 1. The van der Waals surface area contributed by atoms with E-state index in [0.717, 1.165) is 19.3 Å². The molecule has 0 aromatic rings. The number of fused-ring (bicyclic) bond motifs is 1. The molecule has 0 N–H and O–H groups in total. The first-order valence-electron chi connectivity index (χ1n) is 6.39. The van der Waals surface area contributed by atoms with Crippen molar-refractivity contribution in [3.8, 4) is 0 Å². The van der Waals surface area contributed by atoms with Gasteiger partial charge in [-0.2, -0.15) is 0 Å². The quantitative estimate of drug-likeness (QED) is 0.656. The number of rotatable bonds is 1. The van der Waals surface area contributed by atoms with Crippen LogP contribution in [0.2, 0.25) is 0 Å². The van der Waals surface area contributed by atoms with E-state index in [1.54, 1.807) is 4.90 Å². The lowest BCUT2D eigenvalue weighted by molar-refractivity contribution is -0.172. The molecule has 1 atom stereocenters. The summed E-state index contributed by atoms with van der Waals surface area (Å²) in [4.78, 5) is 25.9. The molecule has 1 unspecified atom stereocenters. The molecule has 0 saturated carbocycles. The summed E-state index contributed by atoms with van der Waals surface area (Å²) >= 11 is 0. The van der Waals surface area contributed by atoms with E-state index in [1.807, 2.05) is 20.8 Å². The Bertz CT molecular complexity index is 345. The second-order valence-corrected chi connectivity index (χ2v) is 6.04. The zero-order chi connectivity index (χ0) is 12.7. The third-order valence-electron chi connectivity index (χ3n) is 3.57. The van der Waals surface area contributed by atoms with Gasteiger partial charge in [-0.3, -0.25) is 4.79 Å². The highest BCUT2D eigenvalue weighted by Crippen LogP contribution is 2.40. The van der Waals surface area contributed by atoms with Crippen LogP contribution >= 0.6 is 0 Å². The summed E-state index contributed by atoms with van der Waals surface area (Å²) in [6, 6.07) is 0. The highest BCUT2D eigenvalue weighted by Gasteiger charge is 2.53. The summed E-state index contributed by atoms with van der Waals surface area (Å²) in [5.41, 5.74) is -1.14. The van der Waals surface area contributed by atoms with E-state index < -0.39 is 11.1 Å². The zero-order valence-corrected chi connectivity index (χ0v) is 10.9. The van der Waals surface area contributed by atoms with Crippen LogP contribution < -0.4 is 0 Å². The molecule has 2 heterocycles. The van der Waals surface area contributed by atoms with Gasteiger partial charge in [0.25, 0.3) is 0 Å². The highest BCUT2D eigenvalue weighted by molar-refractivity contribution is 5.92. The van der Waals surface area contributed by atoms with Crippen molar-refractivity contribution < 1.29 is 14.3 Å². The Labute approximate surface area is 102 Å². The minimum absolute atomic E-state index is 0.107. The van der Waals surface area contributed by atoms with Crippen LogP contribution in [0.3, 0.4) is 0 Å². The third kappa shape index (κ3) is 2.17. The molecule has 0 bridgehead atoms. The predicted octanol–water partition coefficient (Wildman–Crippen LogP) is 1.87. The van der Waals surface area contributed by atoms with Gasteiger partial charge in [-0.25, -0.2) is 4.79 Å². The molecular formula is C13H21NO3. The van der Waals surface area contributed by atoms with E-state index in [1.165, 1.54) is 0 Å². The monoisotopic (exact) mass is 239 g/mol. The average Bonchev–Trinajstić information content (AvgIpc) is 2.56. The standard InChI is InChI=1S/C13H21NO3/c1-12(2,3)17-11(16)13-7-4-5-9-14(13)10(15)6-8-13/h4-9H2,1-3H3. The van der Waals surface area contributed by atoms with Gasteiger partial charge in [-0.15, -0.1) is 0 Å². The van der Waals surface area contributed by atoms with Crippen molar-refractivity contribution >= 4 is 11.9 Å². The summed E-state index contributed by atoms with van der Waals surface area (Å²) in [6.45, 7) is 6.31. The Morgan fingerprint density at radius 2 is 2.00 bits per heavy atom. The Hall–Kier alpha value is -1.06. The van der Waals surface area contributed by atoms with Crippen molar-refractivity contribution in [2.45, 2.75) is 64.0 Å². The molecule has 2 aliphatic heterocycles. The number of hydrogen-bond acceptors (Lipinski definition) is 3. The molecule has 0 aromatic carbocycles. The van der Waals surface area contributed by atoms with E-state index >= 15 is 0 Å². The zero-order valence-electron chi connectivity index (χ0n) is 10.9.